The SMILES string of the molecule is CC.O=C(Cl)CCCCC(=O)Cl. The molecule has 0 saturated carbocycles. The fourth-order valence-corrected chi connectivity index (χ4v) is 0.795. The zero-order valence-electron chi connectivity index (χ0n) is 7.40. The van der Waals surface area contributed by atoms with Crippen LogP contribution in [0.25, 0.3) is 0 Å². The van der Waals surface area contributed by atoms with E-state index < -0.39 is 0 Å². The summed E-state index contributed by atoms with van der Waals surface area (Å²) in [4.78, 5) is 20.3. The van der Waals surface area contributed by atoms with E-state index in [2.05, 4.69) is 0 Å². The summed E-state index contributed by atoms with van der Waals surface area (Å²) in [5, 5.41) is -0.718. The molecule has 0 unspecified atom stereocenters. The molecule has 0 N–H and O–H groups in total. The number of hydrogen-bond donors (Lipinski definition) is 0. The number of carbonyl (C=O) groups is 2. The summed E-state index contributed by atoms with van der Waals surface area (Å²) < 4.78 is 0. The molecule has 0 amide bonds. The van der Waals surface area contributed by atoms with Crippen molar-refractivity contribution in [3.63, 3.8) is 0 Å². The topological polar surface area (TPSA) is 34.1 Å². The van der Waals surface area contributed by atoms with Gasteiger partial charge in [0.1, 0.15) is 0 Å². The molecule has 0 radical (unpaired) electrons. The molecule has 0 aromatic heterocycles. The van der Waals surface area contributed by atoms with Gasteiger partial charge in [0, 0.05) is 12.8 Å². The molecule has 0 aliphatic heterocycles. The van der Waals surface area contributed by atoms with Gasteiger partial charge in [0.25, 0.3) is 0 Å². The molecule has 0 aliphatic rings. The molecule has 4 heteroatoms. The van der Waals surface area contributed by atoms with E-state index in [0.717, 1.165) is 0 Å². The lowest BCUT2D eigenvalue weighted by Crippen LogP contribution is -1.89. The van der Waals surface area contributed by atoms with Crippen molar-refractivity contribution in [3.8, 4) is 0 Å². The Bertz CT molecular complexity index is 119. The van der Waals surface area contributed by atoms with Gasteiger partial charge >= 0.3 is 0 Å². The van der Waals surface area contributed by atoms with E-state index >= 15 is 0 Å². The van der Waals surface area contributed by atoms with E-state index in [9.17, 15) is 9.59 Å². The highest BCUT2D eigenvalue weighted by molar-refractivity contribution is 6.63. The van der Waals surface area contributed by atoms with Gasteiger partial charge in [-0.3, -0.25) is 9.59 Å². The Morgan fingerprint density at radius 2 is 1.17 bits per heavy atom. The Morgan fingerprint density at radius 3 is 1.33 bits per heavy atom. The summed E-state index contributed by atoms with van der Waals surface area (Å²) in [6.45, 7) is 4.00. The summed E-state index contributed by atoms with van der Waals surface area (Å²) in [5.41, 5.74) is 0. The third kappa shape index (κ3) is 16.5. The second kappa shape index (κ2) is 10.9. The van der Waals surface area contributed by atoms with Crippen molar-refractivity contribution in [1.29, 1.82) is 0 Å². The molecule has 0 aromatic rings. The molecule has 0 fully saturated rings. The molecule has 2 nitrogen and oxygen atoms in total. The van der Waals surface area contributed by atoms with Crippen LogP contribution in [0.1, 0.15) is 39.5 Å². The van der Waals surface area contributed by atoms with Crippen LogP contribution in [0, 0.1) is 0 Å². The van der Waals surface area contributed by atoms with Gasteiger partial charge in [0.2, 0.25) is 10.5 Å². The van der Waals surface area contributed by atoms with Gasteiger partial charge in [-0.15, -0.1) is 0 Å². The van der Waals surface area contributed by atoms with Crippen molar-refractivity contribution in [2.24, 2.45) is 0 Å². The number of carbonyl (C=O) groups excluding carboxylic acids is 2. The lowest BCUT2D eigenvalue weighted by atomic mass is 10.2. The van der Waals surface area contributed by atoms with Crippen LogP contribution < -0.4 is 0 Å². The van der Waals surface area contributed by atoms with Crippen LogP contribution in [0.15, 0.2) is 0 Å². The maximum atomic E-state index is 10.1. The average molecular weight is 213 g/mol. The summed E-state index contributed by atoms with van der Waals surface area (Å²) in [6.07, 6.45) is 1.93. The van der Waals surface area contributed by atoms with Gasteiger partial charge in [-0.25, -0.2) is 0 Å². The van der Waals surface area contributed by atoms with Crippen molar-refractivity contribution in [1.82, 2.24) is 0 Å². The fourth-order valence-electron chi connectivity index (χ4n) is 0.528. The first kappa shape index (κ1) is 14.4. The van der Waals surface area contributed by atoms with E-state index in [4.69, 9.17) is 23.2 Å². The van der Waals surface area contributed by atoms with E-state index in [0.29, 0.717) is 25.7 Å². The maximum Gasteiger partial charge on any atom is 0.221 e. The minimum absolute atomic E-state index is 0.325. The molecule has 72 valence electrons. The van der Waals surface area contributed by atoms with Crippen LogP contribution in [0.3, 0.4) is 0 Å². The lowest BCUT2D eigenvalue weighted by Gasteiger charge is -1.91. The zero-order valence-corrected chi connectivity index (χ0v) is 8.91. The summed E-state index contributed by atoms with van der Waals surface area (Å²) in [5.74, 6) is 0. The normalized spacial score (nSPS) is 8.33. The molecular formula is C8H14Cl2O2. The number of hydrogen-bond acceptors (Lipinski definition) is 2. The number of rotatable bonds is 5. The van der Waals surface area contributed by atoms with E-state index in [1.807, 2.05) is 13.8 Å². The van der Waals surface area contributed by atoms with E-state index in [1.54, 1.807) is 0 Å². The van der Waals surface area contributed by atoms with Gasteiger partial charge in [-0.1, -0.05) is 13.8 Å². The molecule has 0 rings (SSSR count). The van der Waals surface area contributed by atoms with Gasteiger partial charge in [0.05, 0.1) is 0 Å². The van der Waals surface area contributed by atoms with Gasteiger partial charge in [-0.2, -0.15) is 0 Å². The molecule has 0 atom stereocenters. The fraction of sp³-hybridized carbons (Fsp3) is 0.750. The van der Waals surface area contributed by atoms with Crippen molar-refractivity contribution in [2.45, 2.75) is 39.5 Å². The summed E-state index contributed by atoms with van der Waals surface area (Å²) >= 11 is 10.1. The molecule has 0 aliphatic carbocycles. The van der Waals surface area contributed by atoms with Crippen LogP contribution in [-0.2, 0) is 9.59 Å². The van der Waals surface area contributed by atoms with Crippen molar-refractivity contribution in [3.05, 3.63) is 0 Å². The predicted molar refractivity (Wildman–Crippen MR) is 51.5 cm³/mol. The highest BCUT2D eigenvalue weighted by Crippen LogP contribution is 2.03. The quantitative estimate of drug-likeness (QED) is 0.519. The molecule has 0 bridgehead atoms. The smallest absolute Gasteiger partial charge is 0.221 e. The molecule has 12 heavy (non-hydrogen) atoms. The van der Waals surface area contributed by atoms with Crippen molar-refractivity contribution < 1.29 is 9.59 Å². The highest BCUT2D eigenvalue weighted by atomic mass is 35.5. The van der Waals surface area contributed by atoms with Crippen LogP contribution in [-0.4, -0.2) is 10.5 Å². The maximum absolute atomic E-state index is 10.1. The minimum atomic E-state index is -0.359. The predicted octanol–water partition coefficient (Wildman–Crippen LogP) is 3.10. The monoisotopic (exact) mass is 212 g/mol. The number of unbranched alkanes of at least 4 members (excludes halogenated alkanes) is 1. The Hall–Kier alpha value is -0.0800. The summed E-state index contributed by atoms with van der Waals surface area (Å²) in [7, 11) is 0. The van der Waals surface area contributed by atoms with Crippen LogP contribution in [0.2, 0.25) is 0 Å². The molecule has 0 saturated heterocycles. The van der Waals surface area contributed by atoms with Crippen LogP contribution in [0.4, 0.5) is 0 Å². The standard InChI is InChI=1S/C6H8Cl2O2.C2H6/c7-5(9)3-1-2-4-6(8)10;1-2/h1-4H2;1-2H3. The Morgan fingerprint density at radius 1 is 0.917 bits per heavy atom. The van der Waals surface area contributed by atoms with Crippen molar-refractivity contribution in [2.75, 3.05) is 0 Å². The molecule has 0 spiro atoms. The average Bonchev–Trinajstić information content (AvgIpc) is 2.02. The lowest BCUT2D eigenvalue weighted by molar-refractivity contribution is -0.113. The molecule has 0 aromatic carbocycles. The molecular weight excluding hydrogens is 199 g/mol. The summed E-state index contributed by atoms with van der Waals surface area (Å²) in [6, 6.07) is 0. The van der Waals surface area contributed by atoms with Crippen LogP contribution >= 0.6 is 23.2 Å². The van der Waals surface area contributed by atoms with E-state index in [1.165, 1.54) is 0 Å². The number of halogens is 2. The zero-order chi connectivity index (χ0) is 9.98. The minimum Gasteiger partial charge on any atom is -0.281 e. The highest BCUT2D eigenvalue weighted by Gasteiger charge is 1.98. The van der Waals surface area contributed by atoms with E-state index in [-0.39, 0.29) is 10.5 Å². The van der Waals surface area contributed by atoms with Crippen molar-refractivity contribution >= 4 is 33.7 Å². The van der Waals surface area contributed by atoms with Gasteiger partial charge in [0.15, 0.2) is 0 Å². The Kier molecular flexibility index (Phi) is 13.1. The van der Waals surface area contributed by atoms with Gasteiger partial charge in [-0.05, 0) is 36.0 Å². The second-order valence-corrected chi connectivity index (χ2v) is 2.76. The van der Waals surface area contributed by atoms with Gasteiger partial charge < -0.3 is 0 Å². The Labute approximate surface area is 83.2 Å². The Balaban J connectivity index is 0. The molecule has 0 heterocycles. The third-order valence-electron chi connectivity index (χ3n) is 0.997. The first-order chi connectivity index (χ1) is 5.63. The second-order valence-electron chi connectivity index (χ2n) is 1.92. The first-order valence-electron chi connectivity index (χ1n) is 3.99. The first-order valence-corrected chi connectivity index (χ1v) is 4.75. The van der Waals surface area contributed by atoms with Crippen LogP contribution in [0.5, 0.6) is 0 Å². The third-order valence-corrected chi connectivity index (χ3v) is 1.37. The largest absolute Gasteiger partial charge is 0.281 e.